The second-order valence-electron chi connectivity index (χ2n) is 6.80. The number of fused-ring (bicyclic) bond motifs is 1. The summed E-state index contributed by atoms with van der Waals surface area (Å²) >= 11 is 0. The fourth-order valence-electron chi connectivity index (χ4n) is 3.35. The molecule has 1 aliphatic heterocycles. The summed E-state index contributed by atoms with van der Waals surface area (Å²) < 4.78 is 27.9. The number of aryl methyl sites for hydroxylation is 1. The Morgan fingerprint density at radius 1 is 1.11 bits per heavy atom. The molecule has 2 aromatic carbocycles. The van der Waals surface area contributed by atoms with Gasteiger partial charge in [-0.05, 0) is 49.1 Å². The summed E-state index contributed by atoms with van der Waals surface area (Å²) in [5, 5.41) is 2.86. The maximum Gasteiger partial charge on any atom is 0.264 e. The second kappa shape index (κ2) is 8.57. The van der Waals surface area contributed by atoms with Gasteiger partial charge in [0.25, 0.3) is 15.9 Å². The number of carbonyl (C=O) groups excluding carboxylic acids is 1. The van der Waals surface area contributed by atoms with Gasteiger partial charge in [0.05, 0.1) is 10.6 Å². The number of amides is 1. The standard InChI is InChI=1S/C21H26N2O3S/c1-2-3-6-14-22-21(24)18-10-7-12-19(16-18)27(25,26)23-15-8-11-17-9-4-5-13-20(17)23/h4-5,7,9-10,12-13,16H,2-3,6,8,11,14-15H2,1H3,(H,22,24). The van der Waals surface area contributed by atoms with E-state index in [0.717, 1.165) is 43.4 Å². The van der Waals surface area contributed by atoms with Crippen molar-refractivity contribution >= 4 is 21.6 Å². The summed E-state index contributed by atoms with van der Waals surface area (Å²) in [4.78, 5) is 12.5. The number of unbranched alkanes of at least 4 members (excludes halogenated alkanes) is 2. The normalized spacial score (nSPS) is 13.9. The molecule has 1 heterocycles. The molecular weight excluding hydrogens is 360 g/mol. The number of benzene rings is 2. The molecule has 144 valence electrons. The topological polar surface area (TPSA) is 66.5 Å². The van der Waals surface area contributed by atoms with Gasteiger partial charge in [0.2, 0.25) is 0 Å². The Morgan fingerprint density at radius 3 is 2.74 bits per heavy atom. The van der Waals surface area contributed by atoms with Crippen molar-refractivity contribution in [3.8, 4) is 0 Å². The Hall–Kier alpha value is -2.34. The third-order valence-corrected chi connectivity index (χ3v) is 6.63. The Labute approximate surface area is 161 Å². The Morgan fingerprint density at radius 2 is 1.93 bits per heavy atom. The van der Waals surface area contributed by atoms with Gasteiger partial charge in [-0.25, -0.2) is 8.42 Å². The molecule has 6 heteroatoms. The van der Waals surface area contributed by atoms with Gasteiger partial charge in [-0.3, -0.25) is 9.10 Å². The number of carbonyl (C=O) groups is 1. The van der Waals surface area contributed by atoms with E-state index in [4.69, 9.17) is 0 Å². The summed E-state index contributed by atoms with van der Waals surface area (Å²) in [6.45, 7) is 3.16. The highest BCUT2D eigenvalue weighted by atomic mass is 32.2. The first kappa shape index (κ1) is 19.4. The smallest absolute Gasteiger partial charge is 0.264 e. The fourth-order valence-corrected chi connectivity index (χ4v) is 4.94. The van der Waals surface area contributed by atoms with Crippen molar-refractivity contribution in [3.63, 3.8) is 0 Å². The Bertz CT molecular complexity index is 909. The van der Waals surface area contributed by atoms with Crippen molar-refractivity contribution < 1.29 is 13.2 Å². The molecule has 1 N–H and O–H groups in total. The van der Waals surface area contributed by atoms with E-state index in [1.807, 2.05) is 24.3 Å². The van der Waals surface area contributed by atoms with E-state index in [0.29, 0.717) is 18.7 Å². The van der Waals surface area contributed by atoms with Crippen LogP contribution in [0, 0.1) is 0 Å². The highest BCUT2D eigenvalue weighted by molar-refractivity contribution is 7.92. The summed E-state index contributed by atoms with van der Waals surface area (Å²) in [7, 11) is -3.71. The Balaban J connectivity index is 1.83. The average Bonchev–Trinajstić information content (AvgIpc) is 2.70. The zero-order valence-electron chi connectivity index (χ0n) is 15.6. The molecule has 0 spiro atoms. The van der Waals surface area contributed by atoms with Crippen LogP contribution in [-0.4, -0.2) is 27.4 Å². The number of anilines is 1. The molecule has 0 saturated carbocycles. The van der Waals surface area contributed by atoms with Crippen molar-refractivity contribution in [2.45, 2.75) is 43.9 Å². The van der Waals surface area contributed by atoms with Gasteiger partial charge >= 0.3 is 0 Å². The van der Waals surface area contributed by atoms with Crippen LogP contribution in [0.4, 0.5) is 5.69 Å². The van der Waals surface area contributed by atoms with Gasteiger partial charge in [0.15, 0.2) is 0 Å². The monoisotopic (exact) mass is 386 g/mol. The lowest BCUT2D eigenvalue weighted by atomic mass is 10.0. The molecule has 1 aliphatic rings. The first-order valence-electron chi connectivity index (χ1n) is 9.53. The summed E-state index contributed by atoms with van der Waals surface area (Å²) in [6, 6.07) is 13.9. The Kier molecular flexibility index (Phi) is 6.16. The fraction of sp³-hybridized carbons (Fsp3) is 0.381. The van der Waals surface area contributed by atoms with Crippen molar-refractivity contribution in [3.05, 3.63) is 59.7 Å². The summed E-state index contributed by atoms with van der Waals surface area (Å²) in [6.07, 6.45) is 4.73. The largest absolute Gasteiger partial charge is 0.352 e. The molecule has 5 nitrogen and oxygen atoms in total. The van der Waals surface area contributed by atoms with Gasteiger partial charge in [-0.15, -0.1) is 0 Å². The SMILES string of the molecule is CCCCCNC(=O)c1cccc(S(=O)(=O)N2CCCc3ccccc32)c1. The molecule has 0 unspecified atom stereocenters. The predicted molar refractivity (Wildman–Crippen MR) is 108 cm³/mol. The van der Waals surface area contributed by atoms with Gasteiger partial charge < -0.3 is 5.32 Å². The maximum atomic E-state index is 13.2. The number of sulfonamides is 1. The minimum Gasteiger partial charge on any atom is -0.352 e. The molecule has 2 aromatic rings. The van der Waals surface area contributed by atoms with E-state index in [1.165, 1.54) is 10.4 Å². The lowest BCUT2D eigenvalue weighted by molar-refractivity contribution is 0.0952. The van der Waals surface area contributed by atoms with Crippen molar-refractivity contribution in [2.75, 3.05) is 17.4 Å². The zero-order valence-corrected chi connectivity index (χ0v) is 16.5. The third-order valence-electron chi connectivity index (χ3n) is 4.82. The third kappa shape index (κ3) is 4.33. The molecule has 1 amide bonds. The minimum atomic E-state index is -3.71. The molecule has 0 radical (unpaired) electrons. The maximum absolute atomic E-state index is 13.2. The predicted octanol–water partition coefficient (Wildman–Crippen LogP) is 3.75. The minimum absolute atomic E-state index is 0.153. The van der Waals surface area contributed by atoms with Crippen LogP contribution >= 0.6 is 0 Å². The van der Waals surface area contributed by atoms with E-state index in [-0.39, 0.29) is 10.8 Å². The molecule has 0 saturated heterocycles. The quantitative estimate of drug-likeness (QED) is 0.737. The van der Waals surface area contributed by atoms with Crippen molar-refractivity contribution in [2.24, 2.45) is 0 Å². The number of hydrogen-bond acceptors (Lipinski definition) is 3. The van der Waals surface area contributed by atoms with Crippen LogP contribution in [0.5, 0.6) is 0 Å². The molecule has 0 fully saturated rings. The molecule has 27 heavy (non-hydrogen) atoms. The first-order valence-corrected chi connectivity index (χ1v) is 11.0. The second-order valence-corrected chi connectivity index (χ2v) is 8.66. The van der Waals surface area contributed by atoms with E-state index >= 15 is 0 Å². The lowest BCUT2D eigenvalue weighted by Gasteiger charge is -2.30. The number of hydrogen-bond donors (Lipinski definition) is 1. The van der Waals surface area contributed by atoms with Crippen LogP contribution in [0.2, 0.25) is 0 Å². The average molecular weight is 387 g/mol. The van der Waals surface area contributed by atoms with Crippen LogP contribution in [-0.2, 0) is 16.4 Å². The van der Waals surface area contributed by atoms with Crippen LogP contribution in [0.3, 0.4) is 0 Å². The van der Waals surface area contributed by atoms with E-state index in [1.54, 1.807) is 18.2 Å². The van der Waals surface area contributed by atoms with Gasteiger partial charge in [0, 0.05) is 18.7 Å². The van der Waals surface area contributed by atoms with Gasteiger partial charge in [-0.2, -0.15) is 0 Å². The lowest BCUT2D eigenvalue weighted by Crippen LogP contribution is -2.35. The van der Waals surface area contributed by atoms with Crippen molar-refractivity contribution in [1.82, 2.24) is 5.32 Å². The number of nitrogens with zero attached hydrogens (tertiary/aromatic N) is 1. The van der Waals surface area contributed by atoms with Crippen LogP contribution in [0.25, 0.3) is 0 Å². The van der Waals surface area contributed by atoms with E-state index < -0.39 is 10.0 Å². The molecule has 0 bridgehead atoms. The zero-order chi connectivity index (χ0) is 19.3. The molecule has 3 rings (SSSR count). The first-order chi connectivity index (χ1) is 13.0. The molecule has 0 atom stereocenters. The van der Waals surface area contributed by atoms with Crippen LogP contribution in [0.1, 0.15) is 48.5 Å². The van der Waals surface area contributed by atoms with E-state index in [9.17, 15) is 13.2 Å². The van der Waals surface area contributed by atoms with E-state index in [2.05, 4.69) is 12.2 Å². The van der Waals surface area contributed by atoms with Gasteiger partial charge in [-0.1, -0.05) is 44.0 Å². The summed E-state index contributed by atoms with van der Waals surface area (Å²) in [5.41, 5.74) is 2.15. The number of rotatable bonds is 7. The molecular formula is C21H26N2O3S. The summed E-state index contributed by atoms with van der Waals surface area (Å²) in [5.74, 6) is -0.234. The highest BCUT2D eigenvalue weighted by Gasteiger charge is 2.29. The highest BCUT2D eigenvalue weighted by Crippen LogP contribution is 2.31. The number of nitrogens with one attached hydrogen (secondary N) is 1. The number of para-hydroxylation sites is 1. The van der Waals surface area contributed by atoms with Crippen LogP contribution < -0.4 is 9.62 Å². The van der Waals surface area contributed by atoms with Crippen LogP contribution in [0.15, 0.2) is 53.4 Å². The molecule has 0 aliphatic carbocycles. The molecule has 0 aromatic heterocycles. The van der Waals surface area contributed by atoms with Crippen molar-refractivity contribution in [1.29, 1.82) is 0 Å². The van der Waals surface area contributed by atoms with Gasteiger partial charge in [0.1, 0.15) is 0 Å².